The first-order valence-corrected chi connectivity index (χ1v) is 10.3. The van der Waals surface area contributed by atoms with Crippen LogP contribution in [0.1, 0.15) is 36.0 Å². The molecule has 1 aliphatic heterocycles. The lowest BCUT2D eigenvalue weighted by atomic mass is 9.81. The molecular formula is C24H29F2NO2. The molecule has 4 rings (SSSR count). The van der Waals surface area contributed by atoms with E-state index in [0.29, 0.717) is 37.4 Å². The zero-order valence-electron chi connectivity index (χ0n) is 17.2. The molecule has 1 fully saturated rings. The summed E-state index contributed by atoms with van der Waals surface area (Å²) in [4.78, 5) is 2.26. The van der Waals surface area contributed by atoms with Crippen LogP contribution in [0.15, 0.2) is 42.5 Å². The second-order valence-corrected chi connectivity index (χ2v) is 8.57. The molecule has 0 aromatic heterocycles. The van der Waals surface area contributed by atoms with Crippen molar-refractivity contribution in [3.05, 3.63) is 59.2 Å². The maximum Gasteiger partial charge on any atom is 0.161 e. The maximum atomic E-state index is 15.7. The van der Waals surface area contributed by atoms with Gasteiger partial charge in [0.15, 0.2) is 11.5 Å². The Hall–Kier alpha value is -2.14. The molecule has 2 aliphatic rings. The van der Waals surface area contributed by atoms with E-state index in [2.05, 4.69) is 17.0 Å². The topological polar surface area (TPSA) is 21.7 Å². The van der Waals surface area contributed by atoms with Gasteiger partial charge in [0.1, 0.15) is 11.3 Å². The Kier molecular flexibility index (Phi) is 5.52. The summed E-state index contributed by atoms with van der Waals surface area (Å²) >= 11 is 0. The van der Waals surface area contributed by atoms with Crippen LogP contribution in [0.3, 0.4) is 0 Å². The average Bonchev–Trinajstić information content (AvgIpc) is 3.03. The third-order valence-electron chi connectivity index (χ3n) is 6.36. The van der Waals surface area contributed by atoms with Crippen molar-refractivity contribution in [1.82, 2.24) is 4.90 Å². The van der Waals surface area contributed by atoms with Gasteiger partial charge in [-0.05, 0) is 41.7 Å². The quantitative estimate of drug-likeness (QED) is 0.687. The summed E-state index contributed by atoms with van der Waals surface area (Å²) in [5.41, 5.74) is 0.0364. The van der Waals surface area contributed by atoms with E-state index in [9.17, 15) is 0 Å². The van der Waals surface area contributed by atoms with Crippen LogP contribution < -0.4 is 9.47 Å². The van der Waals surface area contributed by atoms with Crippen LogP contribution in [0.2, 0.25) is 0 Å². The fourth-order valence-electron chi connectivity index (χ4n) is 4.86. The van der Waals surface area contributed by atoms with Crippen molar-refractivity contribution in [1.29, 1.82) is 0 Å². The molecule has 0 N–H and O–H groups in total. The third kappa shape index (κ3) is 4.40. The second-order valence-electron chi connectivity index (χ2n) is 8.57. The number of halogens is 2. The van der Waals surface area contributed by atoms with Gasteiger partial charge in [0, 0.05) is 38.9 Å². The summed E-state index contributed by atoms with van der Waals surface area (Å²) in [6.45, 7) is 2.15. The summed E-state index contributed by atoms with van der Waals surface area (Å²) in [5, 5.41) is 0. The third-order valence-corrected chi connectivity index (χ3v) is 6.36. The predicted octanol–water partition coefficient (Wildman–Crippen LogP) is 4.91. The molecule has 0 amide bonds. The first kappa shape index (κ1) is 20.1. The zero-order valence-corrected chi connectivity index (χ0v) is 17.2. The number of rotatable bonds is 6. The number of likely N-dealkylation sites (tertiary alicyclic amines) is 1. The minimum Gasteiger partial charge on any atom is -0.493 e. The predicted molar refractivity (Wildman–Crippen MR) is 110 cm³/mol. The molecule has 0 spiro atoms. The number of alkyl halides is 2. The Morgan fingerprint density at radius 3 is 1.93 bits per heavy atom. The lowest BCUT2D eigenvalue weighted by Crippen LogP contribution is -2.45. The fraction of sp³-hybridized carbons (Fsp3) is 0.500. The number of ether oxygens (including phenoxy) is 2. The van der Waals surface area contributed by atoms with Gasteiger partial charge in [-0.2, -0.15) is 0 Å². The summed E-state index contributed by atoms with van der Waals surface area (Å²) in [6.07, 6.45) is 1.20. The molecule has 29 heavy (non-hydrogen) atoms. The van der Waals surface area contributed by atoms with E-state index >= 15 is 8.78 Å². The Balaban J connectivity index is 1.39. The smallest absolute Gasteiger partial charge is 0.161 e. The number of fused-ring (bicyclic) bond motifs is 1. The summed E-state index contributed by atoms with van der Waals surface area (Å²) in [6, 6.07) is 13.9. The number of methoxy groups -OCH3 is 2. The molecule has 1 saturated heterocycles. The van der Waals surface area contributed by atoms with Crippen molar-refractivity contribution < 1.29 is 18.3 Å². The molecule has 0 unspecified atom stereocenters. The van der Waals surface area contributed by atoms with Gasteiger partial charge in [0.25, 0.3) is 0 Å². The Morgan fingerprint density at radius 1 is 0.862 bits per heavy atom. The van der Waals surface area contributed by atoms with Gasteiger partial charge in [-0.3, -0.25) is 4.90 Å². The number of benzene rings is 2. The van der Waals surface area contributed by atoms with Crippen LogP contribution in [0.4, 0.5) is 8.78 Å². The average molecular weight is 401 g/mol. The van der Waals surface area contributed by atoms with Crippen LogP contribution in [0.5, 0.6) is 11.5 Å². The maximum absolute atomic E-state index is 15.7. The van der Waals surface area contributed by atoms with Gasteiger partial charge in [-0.15, -0.1) is 0 Å². The standard InChI is InChI=1S/C24H29F2NO2/c1-28-21-12-19-14-24(26,15-20(19)13-22(21)29-2)17-23(25)8-10-27(11-9-23)16-18-6-4-3-5-7-18/h3-7,12-13H,8-11,14-17H2,1-2H3. The molecule has 2 aromatic rings. The first-order valence-electron chi connectivity index (χ1n) is 10.3. The van der Waals surface area contributed by atoms with E-state index in [-0.39, 0.29) is 19.3 Å². The van der Waals surface area contributed by atoms with Crippen molar-refractivity contribution in [3.8, 4) is 11.5 Å². The Morgan fingerprint density at radius 2 is 1.41 bits per heavy atom. The molecule has 0 atom stereocenters. The number of hydrogen-bond acceptors (Lipinski definition) is 3. The van der Waals surface area contributed by atoms with Crippen molar-refractivity contribution in [2.24, 2.45) is 0 Å². The Bertz CT molecular complexity index is 814. The minimum absolute atomic E-state index is 0.0432. The second kappa shape index (κ2) is 7.94. The monoisotopic (exact) mass is 401 g/mol. The van der Waals surface area contributed by atoms with E-state index in [1.807, 2.05) is 30.3 Å². The molecule has 1 heterocycles. The summed E-state index contributed by atoms with van der Waals surface area (Å²) < 4.78 is 42.0. The van der Waals surface area contributed by atoms with Crippen LogP contribution in [0.25, 0.3) is 0 Å². The van der Waals surface area contributed by atoms with E-state index in [1.54, 1.807) is 14.2 Å². The van der Waals surface area contributed by atoms with E-state index in [4.69, 9.17) is 9.47 Å². The SMILES string of the molecule is COc1cc2c(cc1OC)CC(F)(CC1(F)CCN(Cc3ccccc3)CC1)C2. The highest BCUT2D eigenvalue weighted by molar-refractivity contribution is 5.50. The van der Waals surface area contributed by atoms with Gasteiger partial charge in [0.05, 0.1) is 14.2 Å². The van der Waals surface area contributed by atoms with E-state index in [0.717, 1.165) is 17.7 Å². The Labute approximate surface area is 171 Å². The highest BCUT2D eigenvalue weighted by atomic mass is 19.2. The van der Waals surface area contributed by atoms with Crippen molar-refractivity contribution >= 4 is 0 Å². The molecule has 0 bridgehead atoms. The lowest BCUT2D eigenvalue weighted by molar-refractivity contribution is -0.00239. The number of hydrogen-bond donors (Lipinski definition) is 0. The number of nitrogens with zero attached hydrogens (tertiary/aromatic N) is 1. The van der Waals surface area contributed by atoms with Crippen molar-refractivity contribution in [3.63, 3.8) is 0 Å². The van der Waals surface area contributed by atoms with Crippen LogP contribution >= 0.6 is 0 Å². The van der Waals surface area contributed by atoms with E-state index in [1.165, 1.54) is 5.56 Å². The fourth-order valence-corrected chi connectivity index (χ4v) is 4.86. The summed E-state index contributed by atoms with van der Waals surface area (Å²) in [7, 11) is 3.14. The molecule has 5 heteroatoms. The largest absolute Gasteiger partial charge is 0.493 e. The van der Waals surface area contributed by atoms with Crippen molar-refractivity contribution in [2.75, 3.05) is 27.3 Å². The highest BCUT2D eigenvalue weighted by Gasteiger charge is 2.47. The van der Waals surface area contributed by atoms with E-state index < -0.39 is 11.3 Å². The lowest BCUT2D eigenvalue weighted by Gasteiger charge is -2.39. The molecule has 2 aromatic carbocycles. The van der Waals surface area contributed by atoms with Gasteiger partial charge in [-0.25, -0.2) is 8.78 Å². The number of piperidine rings is 1. The summed E-state index contributed by atoms with van der Waals surface area (Å²) in [5.74, 6) is 1.19. The van der Waals surface area contributed by atoms with Gasteiger partial charge < -0.3 is 9.47 Å². The molecule has 0 radical (unpaired) electrons. The minimum atomic E-state index is -1.55. The highest BCUT2D eigenvalue weighted by Crippen LogP contribution is 2.45. The van der Waals surface area contributed by atoms with Gasteiger partial charge in [-0.1, -0.05) is 30.3 Å². The van der Waals surface area contributed by atoms with Gasteiger partial charge in [0.2, 0.25) is 0 Å². The van der Waals surface area contributed by atoms with Crippen molar-refractivity contribution in [2.45, 2.75) is 50.0 Å². The van der Waals surface area contributed by atoms with Crippen LogP contribution in [-0.4, -0.2) is 43.5 Å². The molecule has 1 aliphatic carbocycles. The van der Waals surface area contributed by atoms with Crippen LogP contribution in [-0.2, 0) is 19.4 Å². The van der Waals surface area contributed by atoms with Gasteiger partial charge >= 0.3 is 0 Å². The normalized spacial score (nSPS) is 20.3. The molecule has 0 saturated carbocycles. The molecule has 156 valence electrons. The van der Waals surface area contributed by atoms with Crippen LogP contribution in [0, 0.1) is 0 Å². The zero-order chi connectivity index (χ0) is 20.5. The molecule has 3 nitrogen and oxygen atoms in total. The molecular weight excluding hydrogens is 372 g/mol. The first-order chi connectivity index (χ1) is 13.9.